The van der Waals surface area contributed by atoms with Crippen molar-refractivity contribution in [3.8, 4) is 11.1 Å². The number of nitrogens with one attached hydrogen (secondary N) is 1. The summed E-state index contributed by atoms with van der Waals surface area (Å²) in [5.74, 6) is 0. The van der Waals surface area contributed by atoms with Crippen molar-refractivity contribution in [2.24, 2.45) is 0 Å². The molecule has 0 heterocycles. The first-order valence-electron chi connectivity index (χ1n) is 8.12. The van der Waals surface area contributed by atoms with Crippen molar-refractivity contribution in [2.75, 3.05) is 6.54 Å². The van der Waals surface area contributed by atoms with E-state index in [0.717, 1.165) is 25.9 Å². The fraction of sp³-hybridized carbons (Fsp3) is 0.400. The molecule has 1 nitrogen and oxygen atoms in total. The van der Waals surface area contributed by atoms with E-state index in [-0.39, 0.29) is 0 Å². The molecule has 0 aliphatic carbocycles. The molecule has 1 heteroatoms. The van der Waals surface area contributed by atoms with Crippen LogP contribution in [-0.2, 0) is 19.4 Å². The minimum atomic E-state index is 0.951. The van der Waals surface area contributed by atoms with E-state index in [1.54, 1.807) is 0 Å². The van der Waals surface area contributed by atoms with Gasteiger partial charge in [-0.3, -0.25) is 0 Å². The summed E-state index contributed by atoms with van der Waals surface area (Å²) in [4.78, 5) is 0. The monoisotopic (exact) mass is 281 g/mol. The molecule has 0 bridgehead atoms. The van der Waals surface area contributed by atoms with E-state index in [1.165, 1.54) is 33.4 Å². The van der Waals surface area contributed by atoms with Crippen LogP contribution in [0.4, 0.5) is 0 Å². The molecule has 0 aromatic heterocycles. The van der Waals surface area contributed by atoms with Crippen molar-refractivity contribution in [3.05, 3.63) is 58.7 Å². The number of aryl methyl sites for hydroxylation is 3. The number of hydrogen-bond donors (Lipinski definition) is 1. The highest BCUT2D eigenvalue weighted by atomic mass is 14.8. The van der Waals surface area contributed by atoms with E-state index in [9.17, 15) is 0 Å². The van der Waals surface area contributed by atoms with Crippen molar-refractivity contribution in [1.29, 1.82) is 0 Å². The third-order valence-electron chi connectivity index (χ3n) is 4.15. The van der Waals surface area contributed by atoms with Crippen LogP contribution in [0.25, 0.3) is 11.1 Å². The molecule has 21 heavy (non-hydrogen) atoms. The lowest BCUT2D eigenvalue weighted by Crippen LogP contribution is -2.11. The van der Waals surface area contributed by atoms with Crippen LogP contribution >= 0.6 is 0 Å². The van der Waals surface area contributed by atoms with Crippen molar-refractivity contribution >= 4 is 0 Å². The molecule has 0 saturated heterocycles. The van der Waals surface area contributed by atoms with Gasteiger partial charge in [-0.2, -0.15) is 0 Å². The van der Waals surface area contributed by atoms with Gasteiger partial charge in [0.15, 0.2) is 0 Å². The first-order valence-corrected chi connectivity index (χ1v) is 8.12. The minimum absolute atomic E-state index is 0.951. The lowest BCUT2D eigenvalue weighted by atomic mass is 9.93. The number of rotatable bonds is 6. The second-order valence-electron chi connectivity index (χ2n) is 5.62. The summed E-state index contributed by atoms with van der Waals surface area (Å²) < 4.78 is 0. The van der Waals surface area contributed by atoms with Gasteiger partial charge in [-0.1, -0.05) is 57.2 Å². The zero-order valence-corrected chi connectivity index (χ0v) is 13.8. The van der Waals surface area contributed by atoms with Crippen LogP contribution in [0.2, 0.25) is 0 Å². The lowest BCUT2D eigenvalue weighted by molar-refractivity contribution is 0.726. The molecule has 0 fully saturated rings. The first-order chi connectivity index (χ1) is 10.2. The molecule has 0 amide bonds. The molecular weight excluding hydrogens is 254 g/mol. The Hall–Kier alpha value is -1.60. The third kappa shape index (κ3) is 3.74. The average Bonchev–Trinajstić information content (AvgIpc) is 2.52. The highest BCUT2D eigenvalue weighted by Gasteiger charge is 2.06. The predicted molar refractivity (Wildman–Crippen MR) is 92.8 cm³/mol. The number of benzene rings is 2. The first kappa shape index (κ1) is 15.8. The van der Waals surface area contributed by atoms with E-state index in [0.29, 0.717) is 0 Å². The van der Waals surface area contributed by atoms with Gasteiger partial charge in [-0.25, -0.2) is 0 Å². The van der Waals surface area contributed by atoms with Crippen LogP contribution in [0.5, 0.6) is 0 Å². The Bertz CT molecular complexity index is 599. The zero-order chi connectivity index (χ0) is 15.2. The summed E-state index contributed by atoms with van der Waals surface area (Å²) in [7, 11) is 0. The van der Waals surface area contributed by atoms with Gasteiger partial charge in [0.1, 0.15) is 0 Å². The maximum atomic E-state index is 3.38. The van der Waals surface area contributed by atoms with E-state index in [2.05, 4.69) is 69.4 Å². The fourth-order valence-electron chi connectivity index (χ4n) is 2.90. The molecule has 0 saturated carbocycles. The highest BCUT2D eigenvalue weighted by molar-refractivity contribution is 5.68. The quantitative estimate of drug-likeness (QED) is 0.794. The molecule has 2 rings (SSSR count). The Balaban J connectivity index is 2.33. The minimum Gasteiger partial charge on any atom is -0.313 e. The summed E-state index contributed by atoms with van der Waals surface area (Å²) >= 11 is 0. The highest BCUT2D eigenvalue weighted by Crippen LogP contribution is 2.27. The molecule has 2 aromatic carbocycles. The Morgan fingerprint density at radius 3 is 2.24 bits per heavy atom. The predicted octanol–water partition coefficient (Wildman–Crippen LogP) is 4.90. The summed E-state index contributed by atoms with van der Waals surface area (Å²) in [5, 5.41) is 3.38. The smallest absolute Gasteiger partial charge is 0.0205 e. The van der Waals surface area contributed by atoms with Gasteiger partial charge in [0, 0.05) is 6.54 Å². The lowest BCUT2D eigenvalue weighted by Gasteiger charge is -2.12. The molecular formula is C20H27N. The van der Waals surface area contributed by atoms with E-state index in [1.807, 2.05) is 0 Å². The van der Waals surface area contributed by atoms with Gasteiger partial charge in [0.05, 0.1) is 0 Å². The Labute approximate surface area is 129 Å². The van der Waals surface area contributed by atoms with E-state index in [4.69, 9.17) is 0 Å². The molecule has 2 aromatic rings. The maximum absolute atomic E-state index is 3.38. The zero-order valence-electron chi connectivity index (χ0n) is 13.8. The second kappa shape index (κ2) is 7.42. The second-order valence-corrected chi connectivity index (χ2v) is 5.62. The van der Waals surface area contributed by atoms with Gasteiger partial charge in [-0.15, -0.1) is 0 Å². The topological polar surface area (TPSA) is 12.0 Å². The Kier molecular flexibility index (Phi) is 5.58. The third-order valence-corrected chi connectivity index (χ3v) is 4.15. The Morgan fingerprint density at radius 2 is 1.62 bits per heavy atom. The van der Waals surface area contributed by atoms with Gasteiger partial charge in [0.25, 0.3) is 0 Å². The largest absolute Gasteiger partial charge is 0.313 e. The van der Waals surface area contributed by atoms with Crippen LogP contribution in [0.1, 0.15) is 43.0 Å². The SMILES string of the molecule is CCNCc1ccc(-c2ccc(CC)c(CC)c2)c(C)c1. The van der Waals surface area contributed by atoms with E-state index >= 15 is 0 Å². The van der Waals surface area contributed by atoms with Gasteiger partial charge in [0.2, 0.25) is 0 Å². The molecule has 112 valence electrons. The van der Waals surface area contributed by atoms with Crippen molar-refractivity contribution < 1.29 is 0 Å². The van der Waals surface area contributed by atoms with Crippen LogP contribution < -0.4 is 5.32 Å². The normalized spacial score (nSPS) is 10.9. The maximum Gasteiger partial charge on any atom is 0.0205 e. The van der Waals surface area contributed by atoms with Crippen LogP contribution in [0.15, 0.2) is 36.4 Å². The Morgan fingerprint density at radius 1 is 0.857 bits per heavy atom. The summed E-state index contributed by atoms with van der Waals surface area (Å²) in [6.45, 7) is 10.8. The van der Waals surface area contributed by atoms with Gasteiger partial charge in [-0.05, 0) is 59.7 Å². The molecule has 0 unspecified atom stereocenters. The average molecular weight is 281 g/mol. The van der Waals surface area contributed by atoms with Gasteiger partial charge < -0.3 is 5.32 Å². The van der Waals surface area contributed by atoms with Crippen LogP contribution in [-0.4, -0.2) is 6.54 Å². The van der Waals surface area contributed by atoms with Crippen LogP contribution in [0.3, 0.4) is 0 Å². The van der Waals surface area contributed by atoms with Gasteiger partial charge >= 0.3 is 0 Å². The summed E-state index contributed by atoms with van der Waals surface area (Å²) in [5.41, 5.74) is 8.37. The summed E-state index contributed by atoms with van der Waals surface area (Å²) in [6, 6.07) is 13.7. The van der Waals surface area contributed by atoms with E-state index < -0.39 is 0 Å². The molecule has 0 atom stereocenters. The molecule has 1 N–H and O–H groups in total. The van der Waals surface area contributed by atoms with Crippen molar-refractivity contribution in [1.82, 2.24) is 5.32 Å². The standard InChI is InChI=1S/C20H27N/c1-5-17-9-10-19(13-18(17)6-2)20-11-8-16(12-15(20)4)14-21-7-3/h8-13,21H,5-7,14H2,1-4H3. The van der Waals surface area contributed by atoms with Crippen LogP contribution in [0, 0.1) is 6.92 Å². The number of hydrogen-bond acceptors (Lipinski definition) is 1. The molecule has 0 radical (unpaired) electrons. The van der Waals surface area contributed by atoms with Crippen molar-refractivity contribution in [3.63, 3.8) is 0 Å². The molecule has 0 spiro atoms. The fourth-order valence-corrected chi connectivity index (χ4v) is 2.90. The summed E-state index contributed by atoms with van der Waals surface area (Å²) in [6.07, 6.45) is 2.22. The molecule has 0 aliphatic heterocycles. The molecule has 0 aliphatic rings. The van der Waals surface area contributed by atoms with Crippen molar-refractivity contribution in [2.45, 2.75) is 47.1 Å².